The molecule has 1 saturated heterocycles. The summed E-state index contributed by atoms with van der Waals surface area (Å²) < 4.78 is 0. The third-order valence-electron chi connectivity index (χ3n) is 2.67. The van der Waals surface area contributed by atoms with Crippen molar-refractivity contribution in [3.63, 3.8) is 0 Å². The van der Waals surface area contributed by atoms with Crippen molar-refractivity contribution in [1.29, 1.82) is 0 Å². The lowest BCUT2D eigenvalue weighted by molar-refractivity contribution is -0.917. The first kappa shape index (κ1) is 8.02. The molecule has 0 aromatic rings. The number of nitrogens with one attached hydrogen (secondary N) is 1. The molecule has 4 atom stereocenters. The minimum atomic E-state index is -0.0799. The second-order valence-corrected chi connectivity index (χ2v) is 3.75. The average Bonchev–Trinajstić information content (AvgIpc) is 1.82. The van der Waals surface area contributed by atoms with Gasteiger partial charge in [-0.1, -0.05) is 6.92 Å². The molecular formula is C8H18NO+. The van der Waals surface area contributed by atoms with E-state index < -0.39 is 0 Å². The fourth-order valence-corrected chi connectivity index (χ4v) is 1.76. The molecule has 0 bridgehead atoms. The van der Waals surface area contributed by atoms with E-state index in [0.717, 1.165) is 6.42 Å². The standard InChI is InChI=1S/C8H17NO/c1-6-4-8(10)7(2)9(3)5-6/h6-8,10H,4-5H2,1-3H3/p+1. The first-order chi connectivity index (χ1) is 4.61. The maximum atomic E-state index is 9.50. The van der Waals surface area contributed by atoms with E-state index in [4.69, 9.17) is 0 Å². The molecular weight excluding hydrogens is 126 g/mol. The highest BCUT2D eigenvalue weighted by molar-refractivity contribution is 4.70. The molecule has 0 amide bonds. The summed E-state index contributed by atoms with van der Waals surface area (Å²) in [5.41, 5.74) is 0. The van der Waals surface area contributed by atoms with Crippen LogP contribution in [-0.4, -0.2) is 30.8 Å². The fraction of sp³-hybridized carbons (Fsp3) is 1.00. The summed E-state index contributed by atoms with van der Waals surface area (Å²) in [6.07, 6.45) is 0.905. The summed E-state index contributed by atoms with van der Waals surface area (Å²) >= 11 is 0. The molecule has 0 aliphatic carbocycles. The molecule has 60 valence electrons. The number of quaternary nitrogens is 1. The van der Waals surface area contributed by atoms with Crippen LogP contribution in [0.5, 0.6) is 0 Å². The summed E-state index contributed by atoms with van der Waals surface area (Å²) in [5, 5.41) is 9.50. The van der Waals surface area contributed by atoms with E-state index in [1.54, 1.807) is 0 Å². The van der Waals surface area contributed by atoms with Crippen LogP contribution >= 0.6 is 0 Å². The van der Waals surface area contributed by atoms with Crippen LogP contribution in [0.25, 0.3) is 0 Å². The first-order valence-corrected chi connectivity index (χ1v) is 4.11. The van der Waals surface area contributed by atoms with Crippen molar-refractivity contribution in [2.24, 2.45) is 5.92 Å². The van der Waals surface area contributed by atoms with Crippen LogP contribution in [0.3, 0.4) is 0 Å². The zero-order valence-electron chi connectivity index (χ0n) is 7.09. The van der Waals surface area contributed by atoms with Gasteiger partial charge in [0, 0.05) is 5.92 Å². The predicted molar refractivity (Wildman–Crippen MR) is 41.0 cm³/mol. The molecule has 2 N–H and O–H groups in total. The Labute approximate surface area is 62.8 Å². The molecule has 1 fully saturated rings. The Morgan fingerprint density at radius 2 is 2.00 bits per heavy atom. The molecule has 1 aliphatic rings. The maximum absolute atomic E-state index is 9.50. The van der Waals surface area contributed by atoms with Crippen LogP contribution in [0.15, 0.2) is 0 Å². The lowest BCUT2D eigenvalue weighted by atomic mass is 9.93. The van der Waals surface area contributed by atoms with Crippen molar-refractivity contribution in [1.82, 2.24) is 0 Å². The lowest BCUT2D eigenvalue weighted by Crippen LogP contribution is -3.15. The van der Waals surface area contributed by atoms with Crippen LogP contribution in [0.1, 0.15) is 20.3 Å². The molecule has 1 aliphatic heterocycles. The van der Waals surface area contributed by atoms with E-state index in [2.05, 4.69) is 20.9 Å². The number of likely N-dealkylation sites (tertiary alicyclic amines) is 1. The van der Waals surface area contributed by atoms with E-state index in [-0.39, 0.29) is 6.10 Å². The van der Waals surface area contributed by atoms with E-state index in [9.17, 15) is 5.11 Å². The van der Waals surface area contributed by atoms with Gasteiger partial charge in [-0.2, -0.15) is 0 Å². The molecule has 0 radical (unpaired) electrons. The smallest absolute Gasteiger partial charge is 0.111 e. The third-order valence-corrected chi connectivity index (χ3v) is 2.67. The Morgan fingerprint density at radius 1 is 1.40 bits per heavy atom. The lowest BCUT2D eigenvalue weighted by Gasteiger charge is -2.34. The van der Waals surface area contributed by atoms with Crippen LogP contribution in [0.2, 0.25) is 0 Å². The van der Waals surface area contributed by atoms with Gasteiger partial charge in [0.2, 0.25) is 0 Å². The highest BCUT2D eigenvalue weighted by Gasteiger charge is 2.30. The number of hydrogen-bond donors (Lipinski definition) is 2. The van der Waals surface area contributed by atoms with Gasteiger partial charge in [0.1, 0.15) is 12.1 Å². The van der Waals surface area contributed by atoms with Crippen molar-refractivity contribution in [3.8, 4) is 0 Å². The van der Waals surface area contributed by atoms with Gasteiger partial charge in [0.05, 0.1) is 13.6 Å². The monoisotopic (exact) mass is 144 g/mol. The molecule has 0 aromatic carbocycles. The van der Waals surface area contributed by atoms with Gasteiger partial charge in [-0.3, -0.25) is 0 Å². The molecule has 10 heavy (non-hydrogen) atoms. The summed E-state index contributed by atoms with van der Waals surface area (Å²) in [7, 11) is 2.16. The first-order valence-electron chi connectivity index (χ1n) is 4.11. The van der Waals surface area contributed by atoms with Crippen LogP contribution in [0.4, 0.5) is 0 Å². The number of likely N-dealkylation sites (N-methyl/N-ethyl adjacent to an activating group) is 1. The number of hydrogen-bond acceptors (Lipinski definition) is 1. The summed E-state index contributed by atoms with van der Waals surface area (Å²) in [6, 6.07) is 0.427. The largest absolute Gasteiger partial charge is 0.387 e. The Balaban J connectivity index is 2.49. The summed E-state index contributed by atoms with van der Waals surface area (Å²) in [4.78, 5) is 1.46. The quantitative estimate of drug-likeness (QED) is 0.461. The van der Waals surface area contributed by atoms with Crippen molar-refractivity contribution in [2.45, 2.75) is 32.4 Å². The van der Waals surface area contributed by atoms with Crippen molar-refractivity contribution < 1.29 is 10.0 Å². The van der Waals surface area contributed by atoms with Gasteiger partial charge in [-0.25, -0.2) is 0 Å². The Morgan fingerprint density at radius 3 is 2.50 bits per heavy atom. The Kier molecular flexibility index (Phi) is 2.32. The van der Waals surface area contributed by atoms with Gasteiger partial charge < -0.3 is 10.0 Å². The third kappa shape index (κ3) is 1.50. The highest BCUT2D eigenvalue weighted by Crippen LogP contribution is 2.09. The minimum Gasteiger partial charge on any atom is -0.387 e. The van der Waals surface area contributed by atoms with E-state index in [1.165, 1.54) is 11.4 Å². The fourth-order valence-electron chi connectivity index (χ4n) is 1.76. The van der Waals surface area contributed by atoms with Gasteiger partial charge in [0.25, 0.3) is 0 Å². The molecule has 0 aromatic heterocycles. The van der Waals surface area contributed by atoms with Gasteiger partial charge in [-0.15, -0.1) is 0 Å². The predicted octanol–water partition coefficient (Wildman–Crippen LogP) is -0.710. The van der Waals surface area contributed by atoms with Gasteiger partial charge >= 0.3 is 0 Å². The van der Waals surface area contributed by atoms with Crippen molar-refractivity contribution >= 4 is 0 Å². The van der Waals surface area contributed by atoms with E-state index >= 15 is 0 Å². The van der Waals surface area contributed by atoms with Crippen LogP contribution in [0, 0.1) is 5.92 Å². The molecule has 2 heteroatoms. The summed E-state index contributed by atoms with van der Waals surface area (Å²) in [5.74, 6) is 0.686. The van der Waals surface area contributed by atoms with Crippen LogP contribution < -0.4 is 4.90 Å². The van der Waals surface area contributed by atoms with Crippen molar-refractivity contribution in [2.75, 3.05) is 13.6 Å². The maximum Gasteiger partial charge on any atom is 0.111 e. The van der Waals surface area contributed by atoms with E-state index in [0.29, 0.717) is 12.0 Å². The molecule has 4 unspecified atom stereocenters. The number of aliphatic hydroxyl groups is 1. The Hall–Kier alpha value is -0.0800. The second kappa shape index (κ2) is 2.89. The minimum absolute atomic E-state index is 0.0799. The molecule has 0 saturated carbocycles. The Bertz CT molecular complexity index is 104. The molecule has 0 spiro atoms. The highest BCUT2D eigenvalue weighted by atomic mass is 16.3. The number of rotatable bonds is 0. The normalized spacial score (nSPS) is 49.2. The second-order valence-electron chi connectivity index (χ2n) is 3.75. The van der Waals surface area contributed by atoms with Gasteiger partial charge in [0.15, 0.2) is 0 Å². The SMILES string of the molecule is CC1CC(O)C(C)[NH+](C)C1. The topological polar surface area (TPSA) is 24.7 Å². The molecule has 1 heterocycles. The zero-order chi connectivity index (χ0) is 7.72. The van der Waals surface area contributed by atoms with Crippen LogP contribution in [-0.2, 0) is 0 Å². The number of piperidine rings is 1. The molecule has 1 rings (SSSR count). The van der Waals surface area contributed by atoms with E-state index in [1.807, 2.05) is 0 Å². The van der Waals surface area contributed by atoms with Crippen molar-refractivity contribution in [3.05, 3.63) is 0 Å². The zero-order valence-corrected chi connectivity index (χ0v) is 7.09. The van der Waals surface area contributed by atoms with Gasteiger partial charge in [-0.05, 0) is 13.3 Å². The average molecular weight is 144 g/mol. The molecule has 2 nitrogen and oxygen atoms in total. The number of aliphatic hydroxyl groups excluding tert-OH is 1. The summed E-state index contributed by atoms with van der Waals surface area (Å²) in [6.45, 7) is 5.53.